The minimum absolute atomic E-state index is 0.0163. The Morgan fingerprint density at radius 2 is 1.96 bits per heavy atom. The van der Waals surface area contributed by atoms with Crippen LogP contribution in [-0.4, -0.2) is 17.9 Å². The summed E-state index contributed by atoms with van der Waals surface area (Å²) in [5.74, 6) is 0.258. The first-order chi connectivity index (χ1) is 13.5. The van der Waals surface area contributed by atoms with Gasteiger partial charge in [-0.05, 0) is 41.8 Å². The normalized spacial score (nSPS) is 10.4. The van der Waals surface area contributed by atoms with E-state index in [1.54, 1.807) is 17.4 Å². The molecular formula is C19H15ClN2O5S. The zero-order valence-electron chi connectivity index (χ0n) is 14.7. The van der Waals surface area contributed by atoms with E-state index in [2.05, 4.69) is 5.32 Å². The van der Waals surface area contributed by atoms with Gasteiger partial charge in [-0.2, -0.15) is 0 Å². The van der Waals surface area contributed by atoms with Crippen LogP contribution < -0.4 is 14.8 Å². The fraction of sp³-hybridized carbons (Fsp3) is 0.105. The van der Waals surface area contributed by atoms with Crippen molar-refractivity contribution in [1.82, 2.24) is 5.32 Å². The lowest BCUT2D eigenvalue weighted by Gasteiger charge is -2.12. The molecule has 0 radical (unpaired) electrons. The first-order valence-electron chi connectivity index (χ1n) is 8.08. The molecule has 144 valence electrons. The molecule has 7 nitrogen and oxygen atoms in total. The third kappa shape index (κ3) is 4.59. The van der Waals surface area contributed by atoms with Crippen molar-refractivity contribution >= 4 is 34.5 Å². The number of rotatable bonds is 7. The van der Waals surface area contributed by atoms with E-state index in [1.165, 1.54) is 37.4 Å². The summed E-state index contributed by atoms with van der Waals surface area (Å²) in [6, 6.07) is 12.5. The Morgan fingerprint density at radius 3 is 2.64 bits per heavy atom. The van der Waals surface area contributed by atoms with E-state index >= 15 is 0 Å². The number of thiophene rings is 1. The molecule has 9 heteroatoms. The van der Waals surface area contributed by atoms with Crippen LogP contribution in [0.2, 0.25) is 5.02 Å². The quantitative estimate of drug-likeness (QED) is 0.428. The predicted molar refractivity (Wildman–Crippen MR) is 107 cm³/mol. The average Bonchev–Trinajstić information content (AvgIpc) is 3.21. The van der Waals surface area contributed by atoms with Crippen molar-refractivity contribution in [2.24, 2.45) is 0 Å². The number of methoxy groups -OCH3 is 1. The first-order valence-corrected chi connectivity index (χ1v) is 9.34. The number of ether oxygens (including phenoxy) is 2. The molecule has 0 spiro atoms. The van der Waals surface area contributed by atoms with E-state index in [0.717, 1.165) is 4.88 Å². The van der Waals surface area contributed by atoms with Gasteiger partial charge in [-0.1, -0.05) is 17.7 Å². The van der Waals surface area contributed by atoms with Gasteiger partial charge in [0.05, 0.1) is 18.6 Å². The van der Waals surface area contributed by atoms with Crippen LogP contribution in [0.5, 0.6) is 17.2 Å². The van der Waals surface area contributed by atoms with Gasteiger partial charge in [-0.3, -0.25) is 14.9 Å². The molecule has 3 rings (SSSR count). The Kier molecular flexibility index (Phi) is 6.13. The van der Waals surface area contributed by atoms with Crippen molar-refractivity contribution in [1.29, 1.82) is 0 Å². The molecule has 0 unspecified atom stereocenters. The molecule has 3 aromatic rings. The molecule has 0 bridgehead atoms. The number of nitro groups is 1. The van der Waals surface area contributed by atoms with Crippen LogP contribution >= 0.6 is 22.9 Å². The lowest BCUT2D eigenvalue weighted by Crippen LogP contribution is -2.22. The van der Waals surface area contributed by atoms with E-state index in [0.29, 0.717) is 12.1 Å². The number of amides is 1. The fourth-order valence-electron chi connectivity index (χ4n) is 2.41. The summed E-state index contributed by atoms with van der Waals surface area (Å²) in [4.78, 5) is 24.0. The molecule has 0 aliphatic rings. The Bertz CT molecular complexity index is 1010. The third-order valence-corrected chi connectivity index (χ3v) is 4.88. The second kappa shape index (κ2) is 8.73. The summed E-state index contributed by atoms with van der Waals surface area (Å²) in [7, 11) is 1.42. The van der Waals surface area contributed by atoms with E-state index in [4.69, 9.17) is 21.1 Å². The van der Waals surface area contributed by atoms with Gasteiger partial charge in [0.15, 0.2) is 11.5 Å². The van der Waals surface area contributed by atoms with Gasteiger partial charge < -0.3 is 14.8 Å². The maximum Gasteiger partial charge on any atom is 0.313 e. The van der Waals surface area contributed by atoms with E-state index < -0.39 is 4.92 Å². The topological polar surface area (TPSA) is 90.7 Å². The Morgan fingerprint density at radius 1 is 1.18 bits per heavy atom. The number of hydrogen-bond donors (Lipinski definition) is 1. The summed E-state index contributed by atoms with van der Waals surface area (Å²) in [6.45, 7) is 0.425. The summed E-state index contributed by atoms with van der Waals surface area (Å²) in [6.07, 6.45) is 0. The number of nitrogens with zero attached hydrogens (tertiary/aromatic N) is 1. The highest BCUT2D eigenvalue weighted by atomic mass is 35.5. The van der Waals surface area contributed by atoms with E-state index in [1.807, 2.05) is 17.5 Å². The van der Waals surface area contributed by atoms with Gasteiger partial charge >= 0.3 is 5.69 Å². The summed E-state index contributed by atoms with van der Waals surface area (Å²) in [5, 5.41) is 16.2. The molecule has 1 N–H and O–H groups in total. The van der Waals surface area contributed by atoms with Crippen LogP contribution in [-0.2, 0) is 6.54 Å². The number of carbonyl (C=O) groups is 1. The van der Waals surface area contributed by atoms with Gasteiger partial charge in [0, 0.05) is 21.5 Å². The molecule has 28 heavy (non-hydrogen) atoms. The van der Waals surface area contributed by atoms with Crippen molar-refractivity contribution in [3.8, 4) is 17.2 Å². The molecule has 0 aliphatic carbocycles. The minimum Gasteiger partial charge on any atom is -0.493 e. The van der Waals surface area contributed by atoms with Crippen LogP contribution in [0.3, 0.4) is 0 Å². The smallest absolute Gasteiger partial charge is 0.313 e. The van der Waals surface area contributed by atoms with Crippen LogP contribution in [0.15, 0.2) is 53.9 Å². The lowest BCUT2D eigenvalue weighted by molar-refractivity contribution is -0.385. The summed E-state index contributed by atoms with van der Waals surface area (Å²) in [5.41, 5.74) is 0.110. The van der Waals surface area contributed by atoms with Crippen LogP contribution in [0.4, 0.5) is 5.69 Å². The van der Waals surface area contributed by atoms with E-state index in [-0.39, 0.29) is 33.9 Å². The highest BCUT2D eigenvalue weighted by Crippen LogP contribution is 2.37. The van der Waals surface area contributed by atoms with Crippen molar-refractivity contribution in [3.05, 3.63) is 79.5 Å². The predicted octanol–water partition coefficient (Wildman–Crippen LogP) is 5.04. The zero-order chi connectivity index (χ0) is 20.1. The van der Waals surface area contributed by atoms with Crippen molar-refractivity contribution < 1.29 is 19.2 Å². The summed E-state index contributed by atoms with van der Waals surface area (Å²) >= 11 is 7.37. The fourth-order valence-corrected chi connectivity index (χ4v) is 3.22. The molecule has 0 aliphatic heterocycles. The second-order valence-corrected chi connectivity index (χ2v) is 7.07. The largest absolute Gasteiger partial charge is 0.493 e. The monoisotopic (exact) mass is 418 g/mol. The molecule has 0 saturated carbocycles. The van der Waals surface area contributed by atoms with Crippen LogP contribution in [0.25, 0.3) is 0 Å². The second-order valence-electron chi connectivity index (χ2n) is 5.60. The van der Waals surface area contributed by atoms with Crippen LogP contribution in [0, 0.1) is 10.1 Å². The van der Waals surface area contributed by atoms with E-state index in [9.17, 15) is 14.9 Å². The van der Waals surface area contributed by atoms with Gasteiger partial charge in [-0.15, -0.1) is 11.3 Å². The molecule has 0 fully saturated rings. The third-order valence-electron chi connectivity index (χ3n) is 3.77. The number of nitrogens with one attached hydrogen (secondary N) is 1. The number of benzene rings is 2. The molecule has 1 amide bonds. The average molecular weight is 419 g/mol. The van der Waals surface area contributed by atoms with Gasteiger partial charge in [0.25, 0.3) is 5.91 Å². The highest BCUT2D eigenvalue weighted by Gasteiger charge is 2.19. The van der Waals surface area contributed by atoms with Crippen LogP contribution in [0.1, 0.15) is 15.2 Å². The number of halogens is 1. The maximum absolute atomic E-state index is 12.4. The Hall–Kier alpha value is -3.10. The van der Waals surface area contributed by atoms with Gasteiger partial charge in [-0.25, -0.2) is 0 Å². The molecular weight excluding hydrogens is 404 g/mol. The molecule has 0 atom stereocenters. The minimum atomic E-state index is -0.583. The van der Waals surface area contributed by atoms with Crippen molar-refractivity contribution in [2.75, 3.05) is 7.11 Å². The number of carbonyl (C=O) groups excluding carboxylic acids is 1. The van der Waals surface area contributed by atoms with Gasteiger partial charge in [0.1, 0.15) is 0 Å². The van der Waals surface area contributed by atoms with Crippen molar-refractivity contribution in [3.63, 3.8) is 0 Å². The lowest BCUT2D eigenvalue weighted by atomic mass is 10.2. The molecule has 2 aromatic carbocycles. The SMILES string of the molecule is COc1cc(C(=O)NCc2cccs2)ccc1Oc1ccc(Cl)cc1[N+](=O)[O-]. The number of hydrogen-bond acceptors (Lipinski definition) is 6. The first kappa shape index (κ1) is 19.7. The zero-order valence-corrected chi connectivity index (χ0v) is 16.3. The Balaban J connectivity index is 1.80. The molecule has 0 saturated heterocycles. The molecule has 1 aromatic heterocycles. The highest BCUT2D eigenvalue weighted by molar-refractivity contribution is 7.09. The van der Waals surface area contributed by atoms with Gasteiger partial charge in [0.2, 0.25) is 5.75 Å². The summed E-state index contributed by atoms with van der Waals surface area (Å²) < 4.78 is 10.9. The Labute approximate surface area is 169 Å². The standard InChI is InChI=1S/C19H15ClN2O5S/c1-26-18-9-12(19(23)21-11-14-3-2-8-28-14)4-6-17(18)27-16-7-5-13(20)10-15(16)22(24)25/h2-10H,11H2,1H3,(H,21,23). The maximum atomic E-state index is 12.4. The molecule has 1 heterocycles. The van der Waals surface area contributed by atoms with Crippen molar-refractivity contribution in [2.45, 2.75) is 6.54 Å². The number of nitro benzene ring substituents is 1.